The molecular formula is C9H18O. The van der Waals surface area contributed by atoms with E-state index in [1.807, 2.05) is 0 Å². The van der Waals surface area contributed by atoms with Crippen molar-refractivity contribution in [1.82, 2.24) is 0 Å². The molecule has 60 valence electrons. The van der Waals surface area contributed by atoms with Crippen LogP contribution < -0.4 is 0 Å². The van der Waals surface area contributed by atoms with Crippen LogP contribution in [0.2, 0.25) is 0 Å². The molecule has 0 unspecified atom stereocenters. The molecule has 0 saturated heterocycles. The minimum Gasteiger partial charge on any atom is -0.396 e. The summed E-state index contributed by atoms with van der Waals surface area (Å²) >= 11 is 0. The van der Waals surface area contributed by atoms with Gasteiger partial charge in [-0.05, 0) is 30.6 Å². The minimum absolute atomic E-state index is 0.379. The van der Waals surface area contributed by atoms with Gasteiger partial charge in [-0.1, -0.05) is 20.3 Å². The fourth-order valence-electron chi connectivity index (χ4n) is 1.26. The quantitative estimate of drug-likeness (QED) is 0.638. The van der Waals surface area contributed by atoms with Gasteiger partial charge in [0.15, 0.2) is 0 Å². The third-order valence-electron chi connectivity index (χ3n) is 2.54. The van der Waals surface area contributed by atoms with Gasteiger partial charge in [0, 0.05) is 6.61 Å². The molecule has 1 fully saturated rings. The van der Waals surface area contributed by atoms with E-state index in [-0.39, 0.29) is 0 Å². The van der Waals surface area contributed by atoms with Crippen LogP contribution >= 0.6 is 0 Å². The Morgan fingerprint density at radius 3 is 2.30 bits per heavy atom. The van der Waals surface area contributed by atoms with Crippen molar-refractivity contribution in [3.05, 3.63) is 0 Å². The second-order valence-corrected chi connectivity index (χ2v) is 4.09. The third-order valence-corrected chi connectivity index (χ3v) is 2.54. The lowest BCUT2D eigenvalue weighted by molar-refractivity contribution is 0.196. The van der Waals surface area contributed by atoms with Crippen LogP contribution in [0.3, 0.4) is 0 Å². The first-order valence-electron chi connectivity index (χ1n) is 4.29. The van der Waals surface area contributed by atoms with E-state index >= 15 is 0 Å². The summed E-state index contributed by atoms with van der Waals surface area (Å²) in [5, 5.41) is 8.97. The minimum atomic E-state index is 0.379. The van der Waals surface area contributed by atoms with Crippen LogP contribution in [0, 0.1) is 11.3 Å². The van der Waals surface area contributed by atoms with Crippen LogP contribution in [0.5, 0.6) is 0 Å². The van der Waals surface area contributed by atoms with Gasteiger partial charge in [-0.15, -0.1) is 0 Å². The van der Waals surface area contributed by atoms with Gasteiger partial charge in [-0.3, -0.25) is 0 Å². The topological polar surface area (TPSA) is 20.2 Å². The molecule has 1 saturated carbocycles. The van der Waals surface area contributed by atoms with Crippen LogP contribution in [0.4, 0.5) is 0 Å². The maximum Gasteiger partial charge on any atom is 0.0487 e. The predicted molar refractivity (Wildman–Crippen MR) is 42.8 cm³/mol. The molecule has 1 nitrogen and oxygen atoms in total. The van der Waals surface area contributed by atoms with Gasteiger partial charge in [0.05, 0.1) is 0 Å². The Hall–Kier alpha value is -0.0400. The summed E-state index contributed by atoms with van der Waals surface area (Å²) in [4.78, 5) is 0. The zero-order valence-corrected chi connectivity index (χ0v) is 7.06. The first-order valence-corrected chi connectivity index (χ1v) is 4.29. The van der Waals surface area contributed by atoms with Crippen molar-refractivity contribution in [2.45, 2.75) is 39.5 Å². The average Bonchev–Trinajstić information content (AvgIpc) is 2.64. The van der Waals surface area contributed by atoms with Crippen LogP contribution in [0.25, 0.3) is 0 Å². The molecule has 10 heavy (non-hydrogen) atoms. The largest absolute Gasteiger partial charge is 0.396 e. The first-order chi connectivity index (χ1) is 4.68. The molecule has 0 radical (unpaired) electrons. The van der Waals surface area contributed by atoms with Crippen LogP contribution in [0.15, 0.2) is 0 Å². The normalized spacial score (nSPS) is 21.6. The standard InChI is InChI=1S/C9H18O/c1-8(2)3-4-9(7-10)5-6-9/h8,10H,3-7H2,1-2H3. The van der Waals surface area contributed by atoms with Crippen molar-refractivity contribution < 1.29 is 5.11 Å². The van der Waals surface area contributed by atoms with Gasteiger partial charge < -0.3 is 5.11 Å². The van der Waals surface area contributed by atoms with Crippen LogP contribution in [0.1, 0.15) is 39.5 Å². The summed E-state index contributed by atoms with van der Waals surface area (Å²) in [5.74, 6) is 0.795. The number of aliphatic hydroxyl groups excluding tert-OH is 1. The maximum absolute atomic E-state index is 8.97. The highest BCUT2D eigenvalue weighted by Crippen LogP contribution is 2.49. The fraction of sp³-hybridized carbons (Fsp3) is 1.00. The Labute approximate surface area is 63.4 Å². The van der Waals surface area contributed by atoms with Gasteiger partial charge >= 0.3 is 0 Å². The fourth-order valence-corrected chi connectivity index (χ4v) is 1.26. The highest BCUT2D eigenvalue weighted by Gasteiger charge is 2.41. The second kappa shape index (κ2) is 2.91. The number of hydrogen-bond acceptors (Lipinski definition) is 1. The molecule has 1 heteroatoms. The second-order valence-electron chi connectivity index (χ2n) is 4.09. The van der Waals surface area contributed by atoms with Gasteiger partial charge in [0.1, 0.15) is 0 Å². The van der Waals surface area contributed by atoms with Crippen molar-refractivity contribution >= 4 is 0 Å². The summed E-state index contributed by atoms with van der Waals surface area (Å²) in [6, 6.07) is 0. The molecule has 1 aliphatic carbocycles. The molecule has 0 aromatic rings. The van der Waals surface area contributed by atoms with Crippen LogP contribution in [-0.2, 0) is 0 Å². The van der Waals surface area contributed by atoms with Gasteiger partial charge in [-0.25, -0.2) is 0 Å². The highest BCUT2D eigenvalue weighted by atomic mass is 16.3. The lowest BCUT2D eigenvalue weighted by Crippen LogP contribution is -2.07. The van der Waals surface area contributed by atoms with E-state index in [4.69, 9.17) is 5.11 Å². The van der Waals surface area contributed by atoms with Crippen molar-refractivity contribution in [2.75, 3.05) is 6.61 Å². The van der Waals surface area contributed by atoms with Crippen LogP contribution in [-0.4, -0.2) is 11.7 Å². The molecule has 1 rings (SSSR count). The maximum atomic E-state index is 8.97. The Kier molecular flexibility index (Phi) is 2.35. The zero-order chi connectivity index (χ0) is 7.61. The molecule has 0 heterocycles. The molecule has 0 aromatic heterocycles. The Bertz CT molecular complexity index is 103. The van der Waals surface area contributed by atoms with Gasteiger partial charge in [0.2, 0.25) is 0 Å². The Morgan fingerprint density at radius 1 is 1.40 bits per heavy atom. The van der Waals surface area contributed by atoms with E-state index in [1.165, 1.54) is 25.7 Å². The van der Waals surface area contributed by atoms with E-state index < -0.39 is 0 Å². The summed E-state index contributed by atoms with van der Waals surface area (Å²) in [6.07, 6.45) is 5.04. The zero-order valence-electron chi connectivity index (χ0n) is 7.06. The monoisotopic (exact) mass is 142 g/mol. The molecule has 0 bridgehead atoms. The molecule has 0 atom stereocenters. The van der Waals surface area contributed by atoms with Crippen molar-refractivity contribution in [3.63, 3.8) is 0 Å². The van der Waals surface area contributed by atoms with E-state index in [0.29, 0.717) is 12.0 Å². The lowest BCUT2D eigenvalue weighted by Gasteiger charge is -2.12. The first kappa shape index (κ1) is 8.06. The summed E-state index contributed by atoms with van der Waals surface area (Å²) in [7, 11) is 0. The predicted octanol–water partition coefficient (Wildman–Crippen LogP) is 2.20. The SMILES string of the molecule is CC(C)CCC1(CO)CC1. The van der Waals surface area contributed by atoms with E-state index in [9.17, 15) is 0 Å². The Morgan fingerprint density at radius 2 is 2.00 bits per heavy atom. The van der Waals surface area contributed by atoms with Gasteiger partial charge in [-0.2, -0.15) is 0 Å². The van der Waals surface area contributed by atoms with Crippen molar-refractivity contribution in [1.29, 1.82) is 0 Å². The average molecular weight is 142 g/mol. The van der Waals surface area contributed by atoms with Crippen molar-refractivity contribution in [2.24, 2.45) is 11.3 Å². The molecule has 1 N–H and O–H groups in total. The molecule has 0 spiro atoms. The highest BCUT2D eigenvalue weighted by molar-refractivity contribution is 4.92. The number of aliphatic hydroxyl groups is 1. The number of rotatable bonds is 4. The lowest BCUT2D eigenvalue weighted by atomic mass is 9.96. The molecule has 0 aromatic carbocycles. The summed E-state index contributed by atoms with van der Waals surface area (Å²) in [5.41, 5.74) is 0.379. The van der Waals surface area contributed by atoms with E-state index in [1.54, 1.807) is 0 Å². The molecule has 1 aliphatic rings. The third kappa shape index (κ3) is 1.98. The van der Waals surface area contributed by atoms with Crippen molar-refractivity contribution in [3.8, 4) is 0 Å². The smallest absolute Gasteiger partial charge is 0.0487 e. The summed E-state index contributed by atoms with van der Waals surface area (Å²) in [6.45, 7) is 4.90. The van der Waals surface area contributed by atoms with E-state index in [2.05, 4.69) is 13.8 Å². The molecule has 0 aliphatic heterocycles. The molecular weight excluding hydrogens is 124 g/mol. The number of hydrogen-bond donors (Lipinski definition) is 1. The van der Waals surface area contributed by atoms with Gasteiger partial charge in [0.25, 0.3) is 0 Å². The summed E-state index contributed by atoms with van der Waals surface area (Å²) < 4.78 is 0. The molecule has 0 amide bonds. The van der Waals surface area contributed by atoms with E-state index in [0.717, 1.165) is 5.92 Å². The Balaban J connectivity index is 2.13.